The van der Waals surface area contributed by atoms with Crippen molar-refractivity contribution in [2.24, 2.45) is 7.05 Å². The minimum absolute atomic E-state index is 0.161. The van der Waals surface area contributed by atoms with Gasteiger partial charge in [-0.15, -0.1) is 5.10 Å². The highest BCUT2D eigenvalue weighted by molar-refractivity contribution is 14.1. The van der Waals surface area contributed by atoms with Crippen LogP contribution in [0.3, 0.4) is 0 Å². The third kappa shape index (κ3) is 5.83. The smallest absolute Gasteiger partial charge is 0.347 e. The summed E-state index contributed by atoms with van der Waals surface area (Å²) in [6.07, 6.45) is 0. The lowest BCUT2D eigenvalue weighted by Crippen LogP contribution is -2.26. The SMILES string of the molecule is Cc1cc(OCc2nn(COCC[Si](C)(C)C)c(=O)n2C)c(I)cc1Cl. The average molecular weight is 510 g/mol. The summed E-state index contributed by atoms with van der Waals surface area (Å²) in [5.41, 5.74) is 0.732. The first-order chi connectivity index (χ1) is 12.1. The van der Waals surface area contributed by atoms with E-state index in [-0.39, 0.29) is 19.0 Å². The monoisotopic (exact) mass is 509 g/mol. The summed E-state index contributed by atoms with van der Waals surface area (Å²) >= 11 is 8.28. The van der Waals surface area contributed by atoms with E-state index in [1.807, 2.05) is 19.1 Å². The van der Waals surface area contributed by atoms with Crippen LogP contribution in [0.4, 0.5) is 0 Å². The van der Waals surface area contributed by atoms with Crippen molar-refractivity contribution in [3.8, 4) is 5.75 Å². The van der Waals surface area contributed by atoms with Crippen LogP contribution in [0.2, 0.25) is 30.7 Å². The van der Waals surface area contributed by atoms with Crippen molar-refractivity contribution in [3.05, 3.63) is 42.6 Å². The zero-order valence-electron chi connectivity index (χ0n) is 15.8. The van der Waals surface area contributed by atoms with Crippen molar-refractivity contribution in [2.75, 3.05) is 6.61 Å². The minimum Gasteiger partial charge on any atom is -0.484 e. The number of rotatable bonds is 8. The van der Waals surface area contributed by atoms with Gasteiger partial charge in [-0.3, -0.25) is 4.57 Å². The summed E-state index contributed by atoms with van der Waals surface area (Å²) in [7, 11) is 0.538. The molecule has 0 fully saturated rings. The predicted molar refractivity (Wildman–Crippen MR) is 115 cm³/mol. The molecule has 0 radical (unpaired) electrons. The van der Waals surface area contributed by atoms with Gasteiger partial charge in [-0.2, -0.15) is 4.68 Å². The highest BCUT2D eigenvalue weighted by Gasteiger charge is 2.14. The van der Waals surface area contributed by atoms with Gasteiger partial charge in [0.2, 0.25) is 0 Å². The zero-order valence-corrected chi connectivity index (χ0v) is 19.7. The fourth-order valence-electron chi connectivity index (χ4n) is 2.16. The average Bonchev–Trinajstić information content (AvgIpc) is 2.81. The van der Waals surface area contributed by atoms with Crippen LogP contribution in [0, 0.1) is 10.5 Å². The van der Waals surface area contributed by atoms with Crippen molar-refractivity contribution >= 4 is 42.3 Å². The lowest BCUT2D eigenvalue weighted by molar-refractivity contribution is 0.0752. The van der Waals surface area contributed by atoms with Gasteiger partial charge in [0.25, 0.3) is 0 Å². The van der Waals surface area contributed by atoms with E-state index in [1.165, 1.54) is 9.25 Å². The number of ether oxygens (including phenoxy) is 2. The molecule has 0 aliphatic carbocycles. The second-order valence-corrected chi connectivity index (χ2v) is 14.6. The van der Waals surface area contributed by atoms with Crippen LogP contribution in [0.5, 0.6) is 5.75 Å². The first-order valence-electron chi connectivity index (χ1n) is 8.37. The van der Waals surface area contributed by atoms with E-state index >= 15 is 0 Å². The maximum absolute atomic E-state index is 12.3. The van der Waals surface area contributed by atoms with Gasteiger partial charge in [0.05, 0.1) is 3.57 Å². The largest absolute Gasteiger partial charge is 0.484 e. The van der Waals surface area contributed by atoms with Gasteiger partial charge >= 0.3 is 5.69 Å². The molecule has 1 heterocycles. The van der Waals surface area contributed by atoms with E-state index in [2.05, 4.69) is 47.3 Å². The molecule has 0 aliphatic heterocycles. The van der Waals surface area contributed by atoms with Gasteiger partial charge < -0.3 is 9.47 Å². The molecule has 0 spiro atoms. The topological polar surface area (TPSA) is 58.3 Å². The van der Waals surface area contributed by atoms with Crippen molar-refractivity contribution in [1.82, 2.24) is 14.3 Å². The van der Waals surface area contributed by atoms with Gasteiger partial charge in [-0.25, -0.2) is 4.79 Å². The second-order valence-electron chi connectivity index (χ2n) is 7.43. The molecule has 2 aromatic rings. The number of hydrogen-bond donors (Lipinski definition) is 0. The normalized spacial score (nSPS) is 11.8. The Kier molecular flexibility index (Phi) is 7.34. The standard InChI is InChI=1S/C17H25ClIN3O3Si/c1-12-8-15(14(19)9-13(12)18)25-10-16-20-22(17(23)21(16)2)11-24-6-7-26(3,4)5/h8-9H,6-7,10-11H2,1-5H3. The molecule has 0 unspecified atom stereocenters. The third-order valence-corrected chi connectivity index (χ3v) is 6.87. The summed E-state index contributed by atoms with van der Waals surface area (Å²) in [6.45, 7) is 9.80. The van der Waals surface area contributed by atoms with Crippen LogP contribution in [-0.4, -0.2) is 29.0 Å². The molecule has 2 rings (SSSR count). The maximum Gasteiger partial charge on any atom is 0.347 e. The molecule has 1 aromatic carbocycles. The molecule has 1 aromatic heterocycles. The highest BCUT2D eigenvalue weighted by atomic mass is 127. The second kappa shape index (κ2) is 8.90. The van der Waals surface area contributed by atoms with Crippen molar-refractivity contribution in [1.29, 1.82) is 0 Å². The Bertz CT molecular complexity index is 830. The summed E-state index contributed by atoms with van der Waals surface area (Å²) in [4.78, 5) is 12.3. The van der Waals surface area contributed by atoms with Crippen LogP contribution in [0.1, 0.15) is 11.4 Å². The van der Waals surface area contributed by atoms with E-state index in [1.54, 1.807) is 7.05 Å². The summed E-state index contributed by atoms with van der Waals surface area (Å²) in [6, 6.07) is 4.80. The van der Waals surface area contributed by atoms with Gasteiger partial charge in [-0.1, -0.05) is 31.2 Å². The number of benzene rings is 1. The quantitative estimate of drug-likeness (QED) is 0.306. The molecule has 0 aliphatic rings. The van der Waals surface area contributed by atoms with E-state index < -0.39 is 8.07 Å². The Balaban J connectivity index is 2.01. The molecule has 0 bridgehead atoms. The number of halogens is 2. The fourth-order valence-corrected chi connectivity index (χ4v) is 3.88. The Morgan fingerprint density at radius 2 is 2.00 bits per heavy atom. The lowest BCUT2D eigenvalue weighted by atomic mass is 10.2. The Morgan fingerprint density at radius 1 is 1.31 bits per heavy atom. The van der Waals surface area contributed by atoms with Crippen LogP contribution >= 0.6 is 34.2 Å². The predicted octanol–water partition coefficient (Wildman–Crippen LogP) is 4.04. The molecule has 144 valence electrons. The maximum atomic E-state index is 12.3. The van der Waals surface area contributed by atoms with Crippen LogP contribution < -0.4 is 10.4 Å². The minimum atomic E-state index is -1.15. The molecule has 0 atom stereocenters. The molecule has 9 heteroatoms. The number of aryl methyl sites for hydroxylation is 1. The van der Waals surface area contributed by atoms with Crippen molar-refractivity contribution in [3.63, 3.8) is 0 Å². The molecule has 0 N–H and O–H groups in total. The zero-order chi connectivity index (χ0) is 19.5. The number of nitrogens with zero attached hydrogens (tertiary/aromatic N) is 3. The summed E-state index contributed by atoms with van der Waals surface area (Å²) in [5.74, 6) is 1.27. The van der Waals surface area contributed by atoms with Gasteiger partial charge in [0, 0.05) is 26.8 Å². The van der Waals surface area contributed by atoms with Crippen molar-refractivity contribution in [2.45, 2.75) is 45.9 Å². The fraction of sp³-hybridized carbons (Fsp3) is 0.529. The van der Waals surface area contributed by atoms with Crippen LogP contribution in [-0.2, 0) is 25.1 Å². The summed E-state index contributed by atoms with van der Waals surface area (Å²) < 4.78 is 15.2. The summed E-state index contributed by atoms with van der Waals surface area (Å²) in [5, 5.41) is 5.03. The number of aromatic nitrogens is 3. The Labute approximate surface area is 173 Å². The molecule has 0 saturated heterocycles. The Hall–Kier alpha value is -0.843. The molecule has 0 amide bonds. The third-order valence-electron chi connectivity index (χ3n) is 3.91. The molecular formula is C17H25ClIN3O3Si. The van der Waals surface area contributed by atoms with E-state index in [0.29, 0.717) is 17.5 Å². The number of hydrogen-bond acceptors (Lipinski definition) is 4. The highest BCUT2D eigenvalue weighted by Crippen LogP contribution is 2.28. The lowest BCUT2D eigenvalue weighted by Gasteiger charge is -2.14. The van der Waals surface area contributed by atoms with E-state index in [4.69, 9.17) is 21.1 Å². The van der Waals surface area contributed by atoms with Crippen LogP contribution in [0.15, 0.2) is 16.9 Å². The van der Waals surface area contributed by atoms with E-state index in [0.717, 1.165) is 20.9 Å². The van der Waals surface area contributed by atoms with Crippen molar-refractivity contribution < 1.29 is 9.47 Å². The molecule has 0 saturated carbocycles. The first kappa shape index (κ1) is 21.5. The Morgan fingerprint density at radius 3 is 2.65 bits per heavy atom. The first-order valence-corrected chi connectivity index (χ1v) is 13.5. The van der Waals surface area contributed by atoms with Gasteiger partial charge in [-0.05, 0) is 53.3 Å². The molecule has 6 nitrogen and oxygen atoms in total. The molecule has 26 heavy (non-hydrogen) atoms. The van der Waals surface area contributed by atoms with Gasteiger partial charge in [0.15, 0.2) is 5.82 Å². The molecular weight excluding hydrogens is 485 g/mol. The van der Waals surface area contributed by atoms with Gasteiger partial charge in [0.1, 0.15) is 19.1 Å². The van der Waals surface area contributed by atoms with E-state index in [9.17, 15) is 4.79 Å². The van der Waals surface area contributed by atoms with Crippen LogP contribution in [0.25, 0.3) is 0 Å².